The normalized spacial score (nSPS) is 17.8. The van der Waals surface area contributed by atoms with Gasteiger partial charge in [-0.1, -0.05) is 6.42 Å². The van der Waals surface area contributed by atoms with E-state index >= 15 is 0 Å². The molecule has 1 aromatic heterocycles. The average molecular weight is 542 g/mol. The number of likely N-dealkylation sites (tertiary alicyclic amines) is 1. The van der Waals surface area contributed by atoms with E-state index < -0.39 is 9.84 Å². The Morgan fingerprint density at radius 2 is 1.65 bits per heavy atom. The van der Waals surface area contributed by atoms with E-state index in [9.17, 15) is 8.42 Å². The van der Waals surface area contributed by atoms with Gasteiger partial charge in [-0.2, -0.15) is 0 Å². The topological polar surface area (TPSA) is 72.0 Å². The number of rotatable bonds is 7. The summed E-state index contributed by atoms with van der Waals surface area (Å²) < 4.78 is 38.9. The molecule has 0 bridgehead atoms. The van der Waals surface area contributed by atoms with Gasteiger partial charge in [0.05, 0.1) is 30.3 Å². The van der Waals surface area contributed by atoms with E-state index in [-0.39, 0.29) is 9.79 Å². The number of benzene rings is 2. The molecule has 3 aromatic rings. The van der Waals surface area contributed by atoms with Crippen LogP contribution in [0.2, 0.25) is 0 Å². The van der Waals surface area contributed by atoms with Crippen LogP contribution in [0.3, 0.4) is 0 Å². The molecule has 37 heavy (non-hydrogen) atoms. The molecule has 2 saturated heterocycles. The zero-order valence-electron chi connectivity index (χ0n) is 21.8. The summed E-state index contributed by atoms with van der Waals surface area (Å²) in [5.74, 6) is 0.869. The van der Waals surface area contributed by atoms with Gasteiger partial charge >= 0.3 is 0 Å². The number of anilines is 1. The summed E-state index contributed by atoms with van der Waals surface area (Å²) >= 11 is 1.64. The summed E-state index contributed by atoms with van der Waals surface area (Å²) in [6.45, 7) is 3.99. The summed E-state index contributed by atoms with van der Waals surface area (Å²) in [5.41, 5.74) is 1.56. The number of piperidine rings is 2. The van der Waals surface area contributed by atoms with Crippen LogP contribution in [-0.4, -0.2) is 71.0 Å². The molecule has 0 amide bonds. The highest BCUT2D eigenvalue weighted by molar-refractivity contribution is 7.98. The fourth-order valence-electron chi connectivity index (χ4n) is 5.64. The molecule has 0 aliphatic carbocycles. The van der Waals surface area contributed by atoms with E-state index in [4.69, 9.17) is 9.47 Å². The molecular formula is C28H35N3O4S2. The monoisotopic (exact) mass is 541 g/mol. The molecule has 9 heteroatoms. The third-order valence-electron chi connectivity index (χ3n) is 7.66. The van der Waals surface area contributed by atoms with Gasteiger partial charge in [0, 0.05) is 41.7 Å². The molecule has 0 radical (unpaired) electrons. The van der Waals surface area contributed by atoms with Crippen LogP contribution in [-0.2, 0) is 9.84 Å². The molecule has 3 heterocycles. The maximum atomic E-state index is 14.1. The van der Waals surface area contributed by atoms with Crippen molar-refractivity contribution in [2.45, 2.75) is 52.8 Å². The fourth-order valence-corrected chi connectivity index (χ4v) is 7.53. The van der Waals surface area contributed by atoms with E-state index in [1.807, 2.05) is 18.4 Å². The van der Waals surface area contributed by atoms with Gasteiger partial charge in [0.1, 0.15) is 4.90 Å². The SMILES string of the molecule is COc1ccc(S(=O)(=O)c2cnc3ccc(SC)cc3c2N2CCC(N3CCCCC3)CC2)cc1OC. The molecule has 0 unspecified atom stereocenters. The van der Waals surface area contributed by atoms with Gasteiger partial charge in [-0.15, -0.1) is 11.8 Å². The molecule has 0 spiro atoms. The average Bonchev–Trinajstić information content (AvgIpc) is 2.96. The molecule has 2 aliphatic heterocycles. The van der Waals surface area contributed by atoms with Crippen molar-refractivity contribution in [2.24, 2.45) is 0 Å². The molecular weight excluding hydrogens is 506 g/mol. The van der Waals surface area contributed by atoms with Crippen molar-refractivity contribution < 1.29 is 17.9 Å². The Balaban J connectivity index is 1.58. The van der Waals surface area contributed by atoms with E-state index in [2.05, 4.69) is 20.9 Å². The molecule has 198 valence electrons. The maximum absolute atomic E-state index is 14.1. The van der Waals surface area contributed by atoms with Gasteiger partial charge in [-0.25, -0.2) is 8.42 Å². The number of ether oxygens (including phenoxy) is 2. The van der Waals surface area contributed by atoms with Crippen LogP contribution >= 0.6 is 11.8 Å². The largest absolute Gasteiger partial charge is 0.493 e. The Morgan fingerprint density at radius 3 is 2.32 bits per heavy atom. The van der Waals surface area contributed by atoms with Gasteiger partial charge in [0.2, 0.25) is 9.84 Å². The highest BCUT2D eigenvalue weighted by Gasteiger charge is 2.31. The van der Waals surface area contributed by atoms with E-state index in [1.54, 1.807) is 23.9 Å². The van der Waals surface area contributed by atoms with Crippen LogP contribution in [0.15, 0.2) is 57.3 Å². The zero-order chi connectivity index (χ0) is 26.0. The van der Waals surface area contributed by atoms with Crippen molar-refractivity contribution in [3.05, 3.63) is 42.6 Å². The molecule has 5 rings (SSSR count). The van der Waals surface area contributed by atoms with Gasteiger partial charge in [-0.05, 0) is 75.4 Å². The lowest BCUT2D eigenvalue weighted by atomic mass is 9.99. The van der Waals surface area contributed by atoms with Crippen LogP contribution in [0, 0.1) is 0 Å². The molecule has 7 nitrogen and oxygen atoms in total. The number of hydrogen-bond acceptors (Lipinski definition) is 8. The van der Waals surface area contributed by atoms with E-state index in [0.717, 1.165) is 47.4 Å². The van der Waals surface area contributed by atoms with Crippen molar-refractivity contribution in [1.82, 2.24) is 9.88 Å². The molecule has 2 aromatic carbocycles. The number of methoxy groups -OCH3 is 2. The van der Waals surface area contributed by atoms with Crippen LogP contribution in [0.5, 0.6) is 11.5 Å². The quantitative estimate of drug-likeness (QED) is 0.375. The lowest BCUT2D eigenvalue weighted by Gasteiger charge is -2.41. The number of hydrogen-bond donors (Lipinski definition) is 0. The highest BCUT2D eigenvalue weighted by atomic mass is 32.2. The first-order valence-electron chi connectivity index (χ1n) is 12.9. The number of thioether (sulfide) groups is 1. The second kappa shape index (κ2) is 11.1. The second-order valence-corrected chi connectivity index (χ2v) is 12.5. The first-order chi connectivity index (χ1) is 18.0. The molecule has 0 atom stereocenters. The highest BCUT2D eigenvalue weighted by Crippen LogP contribution is 2.40. The summed E-state index contributed by atoms with van der Waals surface area (Å²) in [5, 5.41) is 0.879. The Kier molecular flexibility index (Phi) is 7.83. The van der Waals surface area contributed by atoms with Gasteiger partial charge < -0.3 is 19.3 Å². The first kappa shape index (κ1) is 26.1. The molecule has 2 fully saturated rings. The molecule has 2 aliphatic rings. The van der Waals surface area contributed by atoms with Gasteiger partial charge in [0.15, 0.2) is 11.5 Å². The zero-order valence-corrected chi connectivity index (χ0v) is 23.4. The smallest absolute Gasteiger partial charge is 0.210 e. The Labute approximate surface area is 224 Å². The molecule has 0 N–H and O–H groups in total. The number of aromatic nitrogens is 1. The Morgan fingerprint density at radius 1 is 0.919 bits per heavy atom. The van der Waals surface area contributed by atoms with Gasteiger partial charge in [-0.3, -0.25) is 4.98 Å². The number of fused-ring (bicyclic) bond motifs is 1. The van der Waals surface area contributed by atoms with Crippen LogP contribution in [0.25, 0.3) is 10.9 Å². The number of nitrogens with zero attached hydrogens (tertiary/aromatic N) is 3. The fraction of sp³-hybridized carbons (Fsp3) is 0.464. The van der Waals surface area contributed by atoms with Crippen molar-refractivity contribution >= 4 is 38.2 Å². The summed E-state index contributed by atoms with van der Waals surface area (Å²) in [7, 11) is -0.835. The minimum Gasteiger partial charge on any atom is -0.493 e. The van der Waals surface area contributed by atoms with Gasteiger partial charge in [0.25, 0.3) is 0 Å². The number of sulfone groups is 1. The number of pyridine rings is 1. The summed E-state index contributed by atoms with van der Waals surface area (Å²) in [6.07, 6.45) is 9.50. The van der Waals surface area contributed by atoms with Crippen molar-refractivity contribution in [3.8, 4) is 11.5 Å². The molecule has 0 saturated carbocycles. The predicted molar refractivity (Wildman–Crippen MR) is 149 cm³/mol. The Bertz CT molecular complexity index is 1370. The van der Waals surface area contributed by atoms with Crippen molar-refractivity contribution in [3.63, 3.8) is 0 Å². The van der Waals surface area contributed by atoms with Crippen molar-refractivity contribution in [2.75, 3.05) is 51.6 Å². The predicted octanol–water partition coefficient (Wildman–Crippen LogP) is 5.26. The summed E-state index contributed by atoms with van der Waals surface area (Å²) in [6, 6.07) is 11.4. The third kappa shape index (κ3) is 5.13. The second-order valence-electron chi connectivity index (χ2n) is 9.69. The standard InChI is InChI=1S/C28H35N3O4S2/c1-34-25-10-8-22(18-26(25)35-2)37(32,33)27-19-29-24-9-7-21(36-3)17-23(24)28(27)31-15-11-20(12-16-31)30-13-5-4-6-14-30/h7-10,17-20H,4-6,11-16H2,1-3H3. The third-order valence-corrected chi connectivity index (χ3v) is 10.1. The Hall–Kier alpha value is -2.49. The minimum absolute atomic E-state index is 0.164. The van der Waals surface area contributed by atoms with Crippen LogP contribution in [0.1, 0.15) is 32.1 Å². The minimum atomic E-state index is -3.88. The summed E-state index contributed by atoms with van der Waals surface area (Å²) in [4.78, 5) is 11.0. The van der Waals surface area contributed by atoms with E-state index in [1.165, 1.54) is 58.8 Å². The van der Waals surface area contributed by atoms with E-state index in [0.29, 0.717) is 17.5 Å². The first-order valence-corrected chi connectivity index (χ1v) is 15.6. The van der Waals surface area contributed by atoms with Crippen molar-refractivity contribution in [1.29, 1.82) is 0 Å². The van der Waals surface area contributed by atoms with Crippen LogP contribution < -0.4 is 14.4 Å². The lowest BCUT2D eigenvalue weighted by molar-refractivity contribution is 0.141. The van der Waals surface area contributed by atoms with Crippen LogP contribution in [0.4, 0.5) is 5.69 Å². The maximum Gasteiger partial charge on any atom is 0.210 e. The lowest BCUT2D eigenvalue weighted by Crippen LogP contribution is -2.47.